The summed E-state index contributed by atoms with van der Waals surface area (Å²) in [5, 5.41) is 3.39. The predicted octanol–water partition coefficient (Wildman–Crippen LogP) is 1.63. The molecule has 1 N–H and O–H groups in total. The lowest BCUT2D eigenvalue weighted by Gasteiger charge is -2.37. The summed E-state index contributed by atoms with van der Waals surface area (Å²) in [6.07, 6.45) is 4.85. The standard InChI is InChI=1S/C13H24N2O/c1-10-5-4-8-15(9-10)13(16)12-11(2)6-3-7-14-12/h10-12,14H,3-9H2,1-2H3. The number of nitrogens with one attached hydrogen (secondary N) is 1. The molecule has 0 saturated carbocycles. The second-order valence-corrected chi connectivity index (χ2v) is 5.58. The highest BCUT2D eigenvalue weighted by Crippen LogP contribution is 2.21. The molecule has 2 fully saturated rings. The van der Waals surface area contributed by atoms with Crippen molar-refractivity contribution >= 4 is 5.91 Å². The van der Waals surface area contributed by atoms with Crippen molar-refractivity contribution in [2.24, 2.45) is 11.8 Å². The molecule has 0 spiro atoms. The molecule has 3 unspecified atom stereocenters. The maximum atomic E-state index is 12.4. The Labute approximate surface area is 98.6 Å². The van der Waals surface area contributed by atoms with E-state index in [4.69, 9.17) is 0 Å². The van der Waals surface area contributed by atoms with E-state index in [0.717, 1.165) is 19.6 Å². The van der Waals surface area contributed by atoms with Gasteiger partial charge in [-0.15, -0.1) is 0 Å². The molecule has 2 saturated heterocycles. The number of carbonyl (C=O) groups excluding carboxylic acids is 1. The molecule has 0 aromatic rings. The van der Waals surface area contributed by atoms with E-state index in [2.05, 4.69) is 24.1 Å². The smallest absolute Gasteiger partial charge is 0.239 e. The van der Waals surface area contributed by atoms with E-state index in [1.54, 1.807) is 0 Å². The summed E-state index contributed by atoms with van der Waals surface area (Å²) in [5.74, 6) is 1.52. The van der Waals surface area contributed by atoms with Gasteiger partial charge < -0.3 is 10.2 Å². The van der Waals surface area contributed by atoms with Crippen molar-refractivity contribution in [3.05, 3.63) is 0 Å². The number of amides is 1. The Morgan fingerprint density at radius 2 is 2.06 bits per heavy atom. The first-order valence-electron chi connectivity index (χ1n) is 6.70. The van der Waals surface area contributed by atoms with Gasteiger partial charge in [0.2, 0.25) is 5.91 Å². The molecule has 3 nitrogen and oxygen atoms in total. The number of hydrogen-bond donors (Lipinski definition) is 1. The second-order valence-electron chi connectivity index (χ2n) is 5.58. The van der Waals surface area contributed by atoms with Crippen molar-refractivity contribution < 1.29 is 4.79 Å². The zero-order chi connectivity index (χ0) is 11.5. The first-order valence-corrected chi connectivity index (χ1v) is 6.70. The van der Waals surface area contributed by atoms with E-state index in [-0.39, 0.29) is 6.04 Å². The molecule has 2 heterocycles. The minimum atomic E-state index is 0.0825. The lowest BCUT2D eigenvalue weighted by molar-refractivity contribution is -0.137. The van der Waals surface area contributed by atoms with Crippen LogP contribution in [0.15, 0.2) is 0 Å². The van der Waals surface area contributed by atoms with Gasteiger partial charge in [0.1, 0.15) is 0 Å². The zero-order valence-corrected chi connectivity index (χ0v) is 10.5. The van der Waals surface area contributed by atoms with Crippen molar-refractivity contribution in [3.8, 4) is 0 Å². The molecule has 0 aromatic heterocycles. The number of piperidine rings is 2. The van der Waals surface area contributed by atoms with E-state index in [0.29, 0.717) is 17.7 Å². The van der Waals surface area contributed by atoms with E-state index in [1.165, 1.54) is 25.7 Å². The number of hydrogen-bond acceptors (Lipinski definition) is 2. The maximum absolute atomic E-state index is 12.4. The third-order valence-electron chi connectivity index (χ3n) is 4.00. The Bertz CT molecular complexity index is 254. The summed E-state index contributed by atoms with van der Waals surface area (Å²) >= 11 is 0. The van der Waals surface area contributed by atoms with Crippen LogP contribution >= 0.6 is 0 Å². The quantitative estimate of drug-likeness (QED) is 0.734. The number of rotatable bonds is 1. The van der Waals surface area contributed by atoms with Crippen LogP contribution in [0.5, 0.6) is 0 Å². The van der Waals surface area contributed by atoms with Gasteiger partial charge in [-0.2, -0.15) is 0 Å². The van der Waals surface area contributed by atoms with E-state index >= 15 is 0 Å². The summed E-state index contributed by atoms with van der Waals surface area (Å²) in [7, 11) is 0. The average molecular weight is 224 g/mol. The van der Waals surface area contributed by atoms with E-state index < -0.39 is 0 Å². The van der Waals surface area contributed by atoms with Gasteiger partial charge in [0, 0.05) is 13.1 Å². The Hall–Kier alpha value is -0.570. The molecule has 0 aromatic carbocycles. The molecular formula is C13H24N2O. The van der Waals surface area contributed by atoms with Gasteiger partial charge in [0.25, 0.3) is 0 Å². The van der Waals surface area contributed by atoms with Crippen molar-refractivity contribution in [3.63, 3.8) is 0 Å². The lowest BCUT2D eigenvalue weighted by Crippen LogP contribution is -2.54. The van der Waals surface area contributed by atoms with Crippen molar-refractivity contribution in [2.75, 3.05) is 19.6 Å². The first-order chi connectivity index (χ1) is 7.68. The van der Waals surface area contributed by atoms with Crippen molar-refractivity contribution in [1.29, 1.82) is 0 Å². The van der Waals surface area contributed by atoms with E-state index in [9.17, 15) is 4.79 Å². The normalized spacial score (nSPS) is 36.1. The van der Waals surface area contributed by atoms with Gasteiger partial charge in [-0.05, 0) is 44.1 Å². The summed E-state index contributed by atoms with van der Waals surface area (Å²) < 4.78 is 0. The zero-order valence-electron chi connectivity index (χ0n) is 10.5. The predicted molar refractivity (Wildman–Crippen MR) is 65.2 cm³/mol. The van der Waals surface area contributed by atoms with Crippen LogP contribution in [0.4, 0.5) is 0 Å². The van der Waals surface area contributed by atoms with Crippen LogP contribution in [0.1, 0.15) is 39.5 Å². The highest BCUT2D eigenvalue weighted by atomic mass is 16.2. The van der Waals surface area contributed by atoms with Crippen LogP contribution in [0, 0.1) is 11.8 Å². The van der Waals surface area contributed by atoms with Crippen LogP contribution < -0.4 is 5.32 Å². The highest BCUT2D eigenvalue weighted by Gasteiger charge is 2.32. The molecule has 0 bridgehead atoms. The number of likely N-dealkylation sites (tertiary alicyclic amines) is 1. The van der Waals surface area contributed by atoms with E-state index in [1.807, 2.05) is 0 Å². The monoisotopic (exact) mass is 224 g/mol. The van der Waals surface area contributed by atoms with Crippen LogP contribution in [0.2, 0.25) is 0 Å². The summed E-state index contributed by atoms with van der Waals surface area (Å²) in [5.41, 5.74) is 0. The number of nitrogens with zero attached hydrogens (tertiary/aromatic N) is 1. The molecule has 16 heavy (non-hydrogen) atoms. The Morgan fingerprint density at radius 3 is 2.75 bits per heavy atom. The largest absolute Gasteiger partial charge is 0.341 e. The fraction of sp³-hybridized carbons (Fsp3) is 0.923. The third-order valence-corrected chi connectivity index (χ3v) is 4.00. The Morgan fingerprint density at radius 1 is 1.25 bits per heavy atom. The summed E-state index contributed by atoms with van der Waals surface area (Å²) in [6.45, 7) is 7.38. The van der Waals surface area contributed by atoms with Gasteiger partial charge in [0.05, 0.1) is 6.04 Å². The van der Waals surface area contributed by atoms with Crippen molar-refractivity contribution in [2.45, 2.75) is 45.6 Å². The minimum absolute atomic E-state index is 0.0825. The average Bonchev–Trinajstić information content (AvgIpc) is 2.29. The van der Waals surface area contributed by atoms with Gasteiger partial charge in [-0.3, -0.25) is 4.79 Å². The van der Waals surface area contributed by atoms with Crippen LogP contribution in [0.3, 0.4) is 0 Å². The summed E-state index contributed by atoms with van der Waals surface area (Å²) in [4.78, 5) is 14.4. The highest BCUT2D eigenvalue weighted by molar-refractivity contribution is 5.82. The molecule has 0 radical (unpaired) electrons. The molecule has 3 heteroatoms. The molecule has 2 rings (SSSR count). The Kier molecular flexibility index (Phi) is 3.85. The molecule has 2 aliphatic rings. The number of carbonyl (C=O) groups is 1. The lowest BCUT2D eigenvalue weighted by atomic mass is 9.90. The summed E-state index contributed by atoms with van der Waals surface area (Å²) in [6, 6.07) is 0.0825. The minimum Gasteiger partial charge on any atom is -0.341 e. The van der Waals surface area contributed by atoms with Gasteiger partial charge in [0.15, 0.2) is 0 Å². The molecule has 0 aliphatic carbocycles. The van der Waals surface area contributed by atoms with Crippen LogP contribution in [-0.4, -0.2) is 36.5 Å². The molecule has 2 aliphatic heterocycles. The Balaban J connectivity index is 1.94. The second kappa shape index (κ2) is 5.17. The molecule has 1 amide bonds. The molecular weight excluding hydrogens is 200 g/mol. The van der Waals surface area contributed by atoms with Gasteiger partial charge in [-0.25, -0.2) is 0 Å². The van der Waals surface area contributed by atoms with Crippen molar-refractivity contribution in [1.82, 2.24) is 10.2 Å². The maximum Gasteiger partial charge on any atom is 0.239 e. The van der Waals surface area contributed by atoms with Crippen LogP contribution in [-0.2, 0) is 4.79 Å². The fourth-order valence-electron chi connectivity index (χ4n) is 2.97. The molecule has 3 atom stereocenters. The SMILES string of the molecule is CC1CCCN(C(=O)C2NCCCC2C)C1. The van der Waals surface area contributed by atoms with Gasteiger partial charge >= 0.3 is 0 Å². The van der Waals surface area contributed by atoms with Gasteiger partial charge in [-0.1, -0.05) is 13.8 Å². The van der Waals surface area contributed by atoms with Crippen LogP contribution in [0.25, 0.3) is 0 Å². The molecule has 92 valence electrons. The topological polar surface area (TPSA) is 32.3 Å². The first kappa shape index (κ1) is 11.9. The third kappa shape index (κ3) is 2.57. The fourth-order valence-corrected chi connectivity index (χ4v) is 2.97.